The second-order valence-electron chi connectivity index (χ2n) is 7.23. The summed E-state index contributed by atoms with van der Waals surface area (Å²) >= 11 is 0. The van der Waals surface area contributed by atoms with E-state index in [-0.39, 0.29) is 61.8 Å². The molecule has 0 nitrogen and oxygen atoms in total. The van der Waals surface area contributed by atoms with E-state index in [2.05, 4.69) is 66.8 Å². The van der Waals surface area contributed by atoms with Crippen molar-refractivity contribution < 1.29 is 51.0 Å². The van der Waals surface area contributed by atoms with E-state index in [0.717, 1.165) is 0 Å². The van der Waals surface area contributed by atoms with Gasteiger partial charge in [-0.25, -0.2) is 11.3 Å². The molecule has 0 amide bonds. The fourth-order valence-corrected chi connectivity index (χ4v) is 4.09. The Morgan fingerprint density at radius 3 is 1.63 bits per heavy atom. The summed E-state index contributed by atoms with van der Waals surface area (Å²) in [6.07, 6.45) is 0. The van der Waals surface area contributed by atoms with Crippen LogP contribution in [0, 0.1) is 0 Å². The summed E-state index contributed by atoms with van der Waals surface area (Å²) in [4.78, 5) is 0. The molecule has 109 valence electrons. The second kappa shape index (κ2) is 8.47. The average Bonchev–Trinajstić information content (AvgIpc) is 2.43. The van der Waals surface area contributed by atoms with Crippen LogP contribution in [0.15, 0.2) is 12.1 Å². The summed E-state index contributed by atoms with van der Waals surface area (Å²) < 4.78 is 0. The molecule has 0 fully saturated rings. The molecule has 1 radical (unpaired) electrons. The number of hydrogen-bond acceptors (Lipinski definition) is 0. The van der Waals surface area contributed by atoms with Gasteiger partial charge in [-0.05, 0) is 14.2 Å². The minimum Gasteiger partial charge on any atom is -1.00 e. The molecule has 0 bridgehead atoms. The van der Waals surface area contributed by atoms with Crippen LogP contribution < -0.4 is 30.0 Å². The van der Waals surface area contributed by atoms with Gasteiger partial charge in [0.2, 0.25) is 0 Å². The summed E-state index contributed by atoms with van der Waals surface area (Å²) in [5.41, 5.74) is 3.72. The molecule has 0 N–H and O–H groups in total. The van der Waals surface area contributed by atoms with Crippen LogP contribution >= 0.6 is 0 Å². The van der Waals surface area contributed by atoms with E-state index >= 15 is 0 Å². The average molecular weight is 398 g/mol. The maximum Gasteiger partial charge on any atom is 3.00 e. The first kappa shape index (κ1) is 25.0. The van der Waals surface area contributed by atoms with E-state index in [1.807, 2.05) is 0 Å². The third-order valence-corrected chi connectivity index (χ3v) is 4.89. The van der Waals surface area contributed by atoms with Crippen molar-refractivity contribution in [3.63, 3.8) is 0 Å². The van der Waals surface area contributed by atoms with Gasteiger partial charge in [-0.1, -0.05) is 60.1 Å². The molecule has 1 aromatic carbocycles. The van der Waals surface area contributed by atoms with E-state index in [0.29, 0.717) is 0 Å². The van der Waals surface area contributed by atoms with Crippen molar-refractivity contribution in [2.75, 3.05) is 0 Å². The van der Waals surface area contributed by atoms with Crippen LogP contribution in [0.1, 0.15) is 52.7 Å². The van der Waals surface area contributed by atoms with Gasteiger partial charge in [0, 0.05) is 0 Å². The van der Waals surface area contributed by atoms with Crippen LogP contribution in [0.2, 0.25) is 13.1 Å². The first-order valence-corrected chi connectivity index (χ1v) is 9.24. The topological polar surface area (TPSA) is 0 Å². The van der Waals surface area contributed by atoms with Crippen molar-refractivity contribution in [1.29, 1.82) is 0 Å². The Morgan fingerprint density at radius 1 is 0.947 bits per heavy atom. The molecule has 0 aliphatic carbocycles. The Balaban J connectivity index is -0.000000853. The third-order valence-electron chi connectivity index (χ3n) is 3.17. The molecule has 0 aromatic heterocycles. The molecule has 4 heteroatoms. The van der Waals surface area contributed by atoms with Gasteiger partial charge in [-0.15, -0.1) is 5.56 Å². The summed E-state index contributed by atoms with van der Waals surface area (Å²) in [6.45, 7) is 18.9. The molecule has 19 heavy (non-hydrogen) atoms. The molecule has 1 aromatic rings. The van der Waals surface area contributed by atoms with Crippen LogP contribution in [0.25, 0.3) is 0 Å². The Bertz CT molecular complexity index is 370. The van der Waals surface area contributed by atoms with Gasteiger partial charge in [-0.2, -0.15) is 11.6 Å². The molecule has 0 spiro atoms. The van der Waals surface area contributed by atoms with Gasteiger partial charge in [0.05, 0.1) is 0 Å². The SMILES string of the molecule is C[SiH](C)c1cc[c-](C(C)(C)C)c1C(C)(C)C.[Cl-].[Cl-].[Zr+3]. The minimum atomic E-state index is -0.719. The first-order chi connectivity index (χ1) is 7.05. The Morgan fingerprint density at radius 2 is 1.37 bits per heavy atom. The first-order valence-electron chi connectivity index (χ1n) is 6.35. The zero-order valence-corrected chi connectivity index (χ0v) is 18.6. The monoisotopic (exact) mass is 395 g/mol. The number of rotatable bonds is 1. The Hall–Kier alpha value is 1.03. The maximum absolute atomic E-state index is 2.43. The Labute approximate surface area is 153 Å². The predicted octanol–water partition coefficient (Wildman–Crippen LogP) is -2.30. The van der Waals surface area contributed by atoms with Crippen molar-refractivity contribution in [2.24, 2.45) is 0 Å². The molecule has 0 aliphatic rings. The summed E-state index contributed by atoms with van der Waals surface area (Å²) in [5.74, 6) is 0. The van der Waals surface area contributed by atoms with Crippen LogP contribution in [-0.2, 0) is 37.0 Å². The van der Waals surface area contributed by atoms with Gasteiger partial charge in [-0.3, -0.25) is 0 Å². The van der Waals surface area contributed by atoms with E-state index in [1.165, 1.54) is 0 Å². The maximum atomic E-state index is 2.43. The molecule has 0 saturated heterocycles. The molecular weight excluding hydrogens is 370 g/mol. The zero-order valence-electron chi connectivity index (χ0n) is 13.5. The van der Waals surface area contributed by atoms with Crippen LogP contribution in [-0.4, -0.2) is 8.80 Å². The van der Waals surface area contributed by atoms with Gasteiger partial charge in [0.1, 0.15) is 0 Å². The van der Waals surface area contributed by atoms with Gasteiger partial charge < -0.3 is 24.8 Å². The fraction of sp³-hybridized carbons (Fsp3) is 0.667. The number of halogens is 2. The quantitative estimate of drug-likeness (QED) is 0.369. The Kier molecular flexibility index (Phi) is 11.1. The van der Waals surface area contributed by atoms with Crippen molar-refractivity contribution in [3.8, 4) is 0 Å². The zero-order chi connectivity index (χ0) is 12.7. The largest absolute Gasteiger partial charge is 3.00 e. The number of hydrogen-bond donors (Lipinski definition) is 0. The van der Waals surface area contributed by atoms with Crippen molar-refractivity contribution in [1.82, 2.24) is 0 Å². The van der Waals surface area contributed by atoms with Crippen LogP contribution in [0.3, 0.4) is 0 Å². The van der Waals surface area contributed by atoms with Crippen LogP contribution in [0.5, 0.6) is 0 Å². The minimum absolute atomic E-state index is 0. The normalized spacial score (nSPS) is 11.4. The van der Waals surface area contributed by atoms with Gasteiger partial charge >= 0.3 is 26.2 Å². The van der Waals surface area contributed by atoms with Crippen molar-refractivity contribution >= 4 is 14.0 Å². The standard InChI is InChI=1S/C15H27Si.2ClH.Zr/c1-14(2,3)11-9-10-12(16(7)8)13(11)15(4,5)6;;;/h9-10,16H,1-8H3;2*1H;/q-1;;;+3/p-2. The fourth-order valence-electron chi connectivity index (χ4n) is 2.44. The van der Waals surface area contributed by atoms with Crippen molar-refractivity contribution in [3.05, 3.63) is 23.3 Å². The smallest absolute Gasteiger partial charge is 1.00 e. The summed E-state index contributed by atoms with van der Waals surface area (Å²) in [6, 6.07) is 4.75. The summed E-state index contributed by atoms with van der Waals surface area (Å²) in [5, 5.41) is 1.66. The summed E-state index contributed by atoms with van der Waals surface area (Å²) in [7, 11) is -0.719. The van der Waals surface area contributed by atoms with E-state index in [9.17, 15) is 0 Å². The molecule has 0 aliphatic heterocycles. The third kappa shape index (κ3) is 6.12. The van der Waals surface area contributed by atoms with E-state index < -0.39 is 8.80 Å². The predicted molar refractivity (Wildman–Crippen MR) is 77.9 cm³/mol. The molecule has 0 heterocycles. The second-order valence-corrected chi connectivity index (χ2v) is 10.2. The molecule has 0 unspecified atom stereocenters. The van der Waals surface area contributed by atoms with E-state index in [1.54, 1.807) is 16.3 Å². The molecule has 0 saturated carbocycles. The van der Waals surface area contributed by atoms with Crippen molar-refractivity contribution in [2.45, 2.75) is 65.5 Å². The van der Waals surface area contributed by atoms with Crippen LogP contribution in [0.4, 0.5) is 0 Å². The molecule has 1 rings (SSSR count). The molecule has 0 atom stereocenters. The van der Waals surface area contributed by atoms with E-state index in [4.69, 9.17) is 0 Å². The van der Waals surface area contributed by atoms with Gasteiger partial charge in [0.25, 0.3) is 0 Å². The molecular formula is C15H27Cl2SiZr. The van der Waals surface area contributed by atoms with Gasteiger partial charge in [0.15, 0.2) is 0 Å².